The Balaban J connectivity index is 2.19. The molecule has 1 heterocycles. The van der Waals surface area contributed by atoms with Crippen LogP contribution in [0, 0.1) is 0 Å². The van der Waals surface area contributed by atoms with Gasteiger partial charge in [0.05, 0.1) is 20.8 Å². The Bertz CT molecular complexity index is 602. The quantitative estimate of drug-likeness (QED) is 0.700. The second kappa shape index (κ2) is 7.02. The van der Waals surface area contributed by atoms with Crippen molar-refractivity contribution in [3.63, 3.8) is 0 Å². The van der Waals surface area contributed by atoms with E-state index in [2.05, 4.69) is 22.5 Å². The molecule has 6 heteroatoms. The third-order valence-corrected chi connectivity index (χ3v) is 3.61. The molecule has 0 fully saturated rings. The molecule has 0 bridgehead atoms. The van der Waals surface area contributed by atoms with Gasteiger partial charge in [0.1, 0.15) is 11.6 Å². The number of hydrogen-bond donors (Lipinski definition) is 2. The van der Waals surface area contributed by atoms with Gasteiger partial charge in [-0.05, 0) is 30.7 Å². The smallest absolute Gasteiger partial charge is 0.132 e. The van der Waals surface area contributed by atoms with Crippen LogP contribution in [0.4, 0.5) is 17.3 Å². The average molecular weight is 331 g/mol. The first kappa shape index (κ1) is 15.2. The molecule has 0 amide bonds. The number of aromatic nitrogens is 1. The van der Waals surface area contributed by atoms with Gasteiger partial charge >= 0.3 is 0 Å². The Labute approximate surface area is 133 Å². The van der Waals surface area contributed by atoms with E-state index in [1.807, 2.05) is 18.2 Å². The molecule has 1 aromatic heterocycles. The van der Waals surface area contributed by atoms with Crippen molar-refractivity contribution in [1.29, 1.82) is 0 Å². The Morgan fingerprint density at radius 2 is 1.70 bits per heavy atom. The van der Waals surface area contributed by atoms with Crippen LogP contribution >= 0.6 is 34.8 Å². The number of pyridine rings is 1. The first-order valence-corrected chi connectivity index (χ1v) is 7.36. The van der Waals surface area contributed by atoms with E-state index in [1.165, 1.54) is 0 Å². The maximum atomic E-state index is 6.13. The van der Waals surface area contributed by atoms with Gasteiger partial charge in [0.2, 0.25) is 0 Å². The minimum absolute atomic E-state index is 0.425. The first-order valence-electron chi connectivity index (χ1n) is 6.22. The molecule has 0 atom stereocenters. The van der Waals surface area contributed by atoms with Crippen molar-refractivity contribution < 1.29 is 0 Å². The van der Waals surface area contributed by atoms with Gasteiger partial charge < -0.3 is 10.6 Å². The van der Waals surface area contributed by atoms with Crippen molar-refractivity contribution in [3.05, 3.63) is 45.4 Å². The molecule has 2 N–H and O–H groups in total. The fourth-order valence-electron chi connectivity index (χ4n) is 1.61. The molecular formula is C14H14Cl3N3. The van der Waals surface area contributed by atoms with Crippen LogP contribution in [0.3, 0.4) is 0 Å². The fourth-order valence-corrected chi connectivity index (χ4v) is 2.21. The molecule has 2 rings (SSSR count). The lowest BCUT2D eigenvalue weighted by molar-refractivity contribution is 0.970. The van der Waals surface area contributed by atoms with Crippen LogP contribution in [0.15, 0.2) is 30.3 Å². The zero-order valence-electron chi connectivity index (χ0n) is 10.9. The normalized spacial score (nSPS) is 10.4. The van der Waals surface area contributed by atoms with E-state index in [9.17, 15) is 0 Å². The van der Waals surface area contributed by atoms with E-state index in [4.69, 9.17) is 34.8 Å². The Morgan fingerprint density at radius 1 is 1.00 bits per heavy atom. The number of halogens is 3. The molecule has 0 unspecified atom stereocenters. The summed E-state index contributed by atoms with van der Waals surface area (Å²) in [4.78, 5) is 4.44. The molecule has 3 nitrogen and oxygen atoms in total. The molecule has 106 valence electrons. The Kier molecular flexibility index (Phi) is 5.35. The largest absolute Gasteiger partial charge is 0.370 e. The molecule has 0 aliphatic heterocycles. The van der Waals surface area contributed by atoms with Crippen LogP contribution < -0.4 is 10.6 Å². The van der Waals surface area contributed by atoms with E-state index in [1.54, 1.807) is 12.1 Å². The number of hydrogen-bond acceptors (Lipinski definition) is 3. The van der Waals surface area contributed by atoms with Crippen molar-refractivity contribution in [1.82, 2.24) is 4.98 Å². The summed E-state index contributed by atoms with van der Waals surface area (Å²) in [6.45, 7) is 2.98. The van der Waals surface area contributed by atoms with Crippen molar-refractivity contribution in [3.8, 4) is 0 Å². The summed E-state index contributed by atoms with van der Waals surface area (Å²) in [5.41, 5.74) is 0.668. The van der Waals surface area contributed by atoms with Crippen molar-refractivity contribution in [2.75, 3.05) is 17.2 Å². The first-order chi connectivity index (χ1) is 9.60. The van der Waals surface area contributed by atoms with E-state index < -0.39 is 0 Å². The van der Waals surface area contributed by atoms with Crippen LogP contribution in [0.2, 0.25) is 15.1 Å². The van der Waals surface area contributed by atoms with Crippen LogP contribution in [0.5, 0.6) is 0 Å². The number of nitrogens with zero attached hydrogens (tertiary/aromatic N) is 1. The van der Waals surface area contributed by atoms with Crippen LogP contribution in [-0.2, 0) is 0 Å². The summed E-state index contributed by atoms with van der Waals surface area (Å²) in [6.07, 6.45) is 1.04. The highest BCUT2D eigenvalue weighted by Gasteiger charge is 2.07. The van der Waals surface area contributed by atoms with E-state index in [-0.39, 0.29) is 0 Å². The third kappa shape index (κ3) is 3.92. The third-order valence-electron chi connectivity index (χ3n) is 2.58. The van der Waals surface area contributed by atoms with E-state index >= 15 is 0 Å². The van der Waals surface area contributed by atoms with Crippen LogP contribution in [-0.4, -0.2) is 11.5 Å². The molecule has 0 aliphatic carbocycles. The number of benzene rings is 1. The zero-order valence-corrected chi connectivity index (χ0v) is 13.1. The van der Waals surface area contributed by atoms with Crippen LogP contribution in [0.25, 0.3) is 0 Å². The summed E-state index contributed by atoms with van der Waals surface area (Å²) >= 11 is 18.0. The van der Waals surface area contributed by atoms with Gasteiger partial charge in [0.25, 0.3) is 0 Å². The summed E-state index contributed by atoms with van der Waals surface area (Å²) in [5.74, 6) is 1.50. The SMILES string of the molecule is CCCNc1cccc(Nc2cc(Cl)c(Cl)cc2Cl)n1. The molecule has 2 aromatic rings. The lowest BCUT2D eigenvalue weighted by atomic mass is 10.3. The van der Waals surface area contributed by atoms with Crippen molar-refractivity contribution in [2.24, 2.45) is 0 Å². The molecule has 0 saturated heterocycles. The topological polar surface area (TPSA) is 37.0 Å². The maximum Gasteiger partial charge on any atom is 0.132 e. The van der Waals surface area contributed by atoms with E-state index in [0.29, 0.717) is 26.6 Å². The lowest BCUT2D eigenvalue weighted by Crippen LogP contribution is -2.03. The average Bonchev–Trinajstić information content (AvgIpc) is 2.43. The highest BCUT2D eigenvalue weighted by Crippen LogP contribution is 2.33. The standard InChI is InChI=1S/C14H14Cl3N3/c1-2-6-18-13-4-3-5-14(20-13)19-12-8-10(16)9(15)7-11(12)17/h3-5,7-8H,2,6H2,1H3,(H2,18,19,20). The second-order valence-corrected chi connectivity index (χ2v) is 5.43. The van der Waals surface area contributed by atoms with Crippen molar-refractivity contribution in [2.45, 2.75) is 13.3 Å². The predicted molar refractivity (Wildman–Crippen MR) is 87.8 cm³/mol. The number of anilines is 3. The molecule has 0 radical (unpaired) electrons. The number of nitrogens with one attached hydrogen (secondary N) is 2. The zero-order chi connectivity index (χ0) is 14.5. The molecular weight excluding hydrogens is 317 g/mol. The van der Waals surface area contributed by atoms with Gasteiger partial charge in [-0.25, -0.2) is 4.98 Å². The summed E-state index contributed by atoms with van der Waals surface area (Å²) < 4.78 is 0. The van der Waals surface area contributed by atoms with Gasteiger partial charge in [-0.15, -0.1) is 0 Å². The number of rotatable bonds is 5. The second-order valence-electron chi connectivity index (χ2n) is 4.21. The molecule has 0 spiro atoms. The summed E-state index contributed by atoms with van der Waals surface area (Å²) in [7, 11) is 0. The minimum atomic E-state index is 0.425. The predicted octanol–water partition coefficient (Wildman–Crippen LogP) is 5.61. The van der Waals surface area contributed by atoms with Gasteiger partial charge in [0.15, 0.2) is 0 Å². The molecule has 1 aromatic carbocycles. The summed E-state index contributed by atoms with van der Waals surface area (Å²) in [6, 6.07) is 8.97. The fraction of sp³-hybridized carbons (Fsp3) is 0.214. The van der Waals surface area contributed by atoms with Crippen LogP contribution in [0.1, 0.15) is 13.3 Å². The van der Waals surface area contributed by atoms with Gasteiger partial charge in [-0.2, -0.15) is 0 Å². The molecule has 0 saturated carbocycles. The highest BCUT2D eigenvalue weighted by molar-refractivity contribution is 6.44. The van der Waals surface area contributed by atoms with Gasteiger partial charge in [-0.1, -0.05) is 47.8 Å². The lowest BCUT2D eigenvalue weighted by Gasteiger charge is -2.11. The highest BCUT2D eigenvalue weighted by atomic mass is 35.5. The van der Waals surface area contributed by atoms with Crippen molar-refractivity contribution >= 4 is 52.1 Å². The van der Waals surface area contributed by atoms with Gasteiger partial charge in [-0.3, -0.25) is 0 Å². The molecule has 20 heavy (non-hydrogen) atoms. The minimum Gasteiger partial charge on any atom is -0.370 e. The Morgan fingerprint density at radius 3 is 2.45 bits per heavy atom. The maximum absolute atomic E-state index is 6.13. The summed E-state index contributed by atoms with van der Waals surface area (Å²) in [5, 5.41) is 7.72. The van der Waals surface area contributed by atoms with Gasteiger partial charge in [0, 0.05) is 6.54 Å². The Hall–Kier alpha value is -1.16. The van der Waals surface area contributed by atoms with E-state index in [0.717, 1.165) is 18.8 Å². The monoisotopic (exact) mass is 329 g/mol. The molecule has 0 aliphatic rings.